The van der Waals surface area contributed by atoms with Crippen LogP contribution in [0.4, 0.5) is 0 Å². The number of sulfonamides is 1. The number of aryl methyl sites for hydroxylation is 1. The summed E-state index contributed by atoms with van der Waals surface area (Å²) >= 11 is 8.28. The minimum absolute atomic E-state index is 0.145. The van der Waals surface area contributed by atoms with Crippen LogP contribution in [0, 0.1) is 6.92 Å². The van der Waals surface area contributed by atoms with Crippen LogP contribution in [0.1, 0.15) is 16.7 Å². The molecule has 1 N–H and O–H groups in total. The van der Waals surface area contributed by atoms with Crippen molar-refractivity contribution in [3.63, 3.8) is 0 Å². The van der Waals surface area contributed by atoms with E-state index in [0.717, 1.165) is 16.2 Å². The first-order chi connectivity index (χ1) is 8.87. The lowest BCUT2D eigenvalue weighted by Gasteiger charge is -2.11. The number of nitrogens with zero attached hydrogens (tertiary/aromatic N) is 1. The first-order valence-corrected chi connectivity index (χ1v) is 9.05. The first kappa shape index (κ1) is 14.9. The van der Waals surface area contributed by atoms with E-state index in [9.17, 15) is 8.42 Å². The Morgan fingerprint density at radius 3 is 2.68 bits per heavy atom. The van der Waals surface area contributed by atoms with Crippen LogP contribution in [-0.2, 0) is 16.4 Å². The molecule has 2 heterocycles. The average Bonchev–Trinajstić information content (AvgIpc) is 2.87. The molecule has 0 saturated heterocycles. The van der Waals surface area contributed by atoms with Crippen molar-refractivity contribution in [2.75, 3.05) is 0 Å². The lowest BCUT2D eigenvalue weighted by Crippen LogP contribution is -2.33. The molecule has 1 unspecified atom stereocenters. The standard InChI is InChI=1S/C11H13ClN2O2S3/c1-7(5-9-4-3-8(2)17-9)14-19(15,16)10-6-13-11(12)18-10/h3-4,6-7,14H,5H2,1-2H3. The van der Waals surface area contributed by atoms with Gasteiger partial charge in [0.15, 0.2) is 8.68 Å². The summed E-state index contributed by atoms with van der Waals surface area (Å²) in [5.41, 5.74) is 0. The first-order valence-electron chi connectivity index (χ1n) is 5.56. The molecule has 19 heavy (non-hydrogen) atoms. The van der Waals surface area contributed by atoms with Crippen molar-refractivity contribution >= 4 is 44.3 Å². The Hall–Kier alpha value is -0.470. The van der Waals surface area contributed by atoms with Gasteiger partial charge in [-0.05, 0) is 32.4 Å². The number of hydrogen-bond acceptors (Lipinski definition) is 5. The summed E-state index contributed by atoms with van der Waals surface area (Å²) in [5, 5.41) is 0. The van der Waals surface area contributed by atoms with Gasteiger partial charge in [0.25, 0.3) is 10.0 Å². The molecule has 4 nitrogen and oxygen atoms in total. The van der Waals surface area contributed by atoms with E-state index in [0.29, 0.717) is 6.42 Å². The fourth-order valence-corrected chi connectivity index (χ4v) is 5.20. The van der Waals surface area contributed by atoms with Gasteiger partial charge in [-0.3, -0.25) is 0 Å². The van der Waals surface area contributed by atoms with Gasteiger partial charge in [-0.25, -0.2) is 18.1 Å². The number of thiazole rings is 1. The molecular weight excluding hydrogens is 324 g/mol. The van der Waals surface area contributed by atoms with Crippen LogP contribution < -0.4 is 4.72 Å². The maximum absolute atomic E-state index is 12.1. The Labute approximate surface area is 125 Å². The summed E-state index contributed by atoms with van der Waals surface area (Å²) in [4.78, 5) is 6.13. The SMILES string of the molecule is Cc1ccc(CC(C)NS(=O)(=O)c2cnc(Cl)s2)s1. The lowest BCUT2D eigenvalue weighted by atomic mass is 10.2. The third-order valence-electron chi connectivity index (χ3n) is 2.38. The highest BCUT2D eigenvalue weighted by Gasteiger charge is 2.20. The number of nitrogens with one attached hydrogen (secondary N) is 1. The number of halogens is 1. The van der Waals surface area contributed by atoms with Gasteiger partial charge in [0.05, 0.1) is 6.20 Å². The van der Waals surface area contributed by atoms with E-state index in [-0.39, 0.29) is 14.7 Å². The largest absolute Gasteiger partial charge is 0.251 e. The minimum atomic E-state index is -3.53. The highest BCUT2D eigenvalue weighted by molar-refractivity contribution is 7.91. The van der Waals surface area contributed by atoms with Crippen LogP contribution in [0.2, 0.25) is 4.47 Å². The molecule has 8 heteroatoms. The van der Waals surface area contributed by atoms with E-state index in [1.165, 1.54) is 11.1 Å². The Kier molecular flexibility index (Phi) is 4.62. The molecule has 0 aliphatic heterocycles. The van der Waals surface area contributed by atoms with Crippen LogP contribution in [-0.4, -0.2) is 19.4 Å². The summed E-state index contributed by atoms with van der Waals surface area (Å²) in [5.74, 6) is 0. The fourth-order valence-electron chi connectivity index (χ4n) is 1.62. The van der Waals surface area contributed by atoms with E-state index in [4.69, 9.17) is 11.6 Å². The van der Waals surface area contributed by atoms with Crippen molar-refractivity contribution in [3.05, 3.63) is 32.6 Å². The molecule has 0 radical (unpaired) electrons. The van der Waals surface area contributed by atoms with Gasteiger partial charge in [0, 0.05) is 15.8 Å². The van der Waals surface area contributed by atoms with Crippen LogP contribution in [0.3, 0.4) is 0 Å². The average molecular weight is 337 g/mol. The number of aromatic nitrogens is 1. The fraction of sp³-hybridized carbons (Fsp3) is 0.364. The summed E-state index contributed by atoms with van der Waals surface area (Å²) in [6, 6.07) is 3.88. The molecule has 2 rings (SSSR count). The quantitative estimate of drug-likeness (QED) is 0.912. The van der Waals surface area contributed by atoms with Gasteiger partial charge in [-0.1, -0.05) is 22.9 Å². The van der Waals surface area contributed by atoms with Gasteiger partial charge < -0.3 is 0 Å². The topological polar surface area (TPSA) is 59.1 Å². The number of hydrogen-bond donors (Lipinski definition) is 1. The molecule has 2 aromatic rings. The second-order valence-electron chi connectivity index (χ2n) is 4.17. The van der Waals surface area contributed by atoms with Crippen molar-refractivity contribution < 1.29 is 8.42 Å². The normalized spacial score (nSPS) is 13.6. The molecule has 0 fully saturated rings. The predicted octanol–water partition coefficient (Wildman–Crippen LogP) is 3.08. The smallest absolute Gasteiger partial charge is 0.232 e. The Balaban J connectivity index is 2.04. The van der Waals surface area contributed by atoms with Gasteiger partial charge in [0.2, 0.25) is 0 Å². The molecule has 1 atom stereocenters. The summed E-state index contributed by atoms with van der Waals surface area (Å²) < 4.78 is 27.1. The molecule has 0 spiro atoms. The molecular formula is C11H13ClN2O2S3. The van der Waals surface area contributed by atoms with Crippen molar-refractivity contribution in [1.82, 2.24) is 9.71 Å². The summed E-state index contributed by atoms with van der Waals surface area (Å²) in [6.07, 6.45) is 1.95. The molecule has 0 amide bonds. The highest BCUT2D eigenvalue weighted by atomic mass is 35.5. The predicted molar refractivity (Wildman–Crippen MR) is 79.7 cm³/mol. The second-order valence-corrected chi connectivity index (χ2v) is 9.10. The highest BCUT2D eigenvalue weighted by Crippen LogP contribution is 2.23. The maximum Gasteiger partial charge on any atom is 0.251 e. The summed E-state index contributed by atoms with van der Waals surface area (Å²) in [6.45, 7) is 3.87. The Bertz CT molecular complexity index is 663. The zero-order valence-electron chi connectivity index (χ0n) is 10.4. The lowest BCUT2D eigenvalue weighted by molar-refractivity contribution is 0.562. The van der Waals surface area contributed by atoms with Crippen LogP contribution in [0.25, 0.3) is 0 Å². The maximum atomic E-state index is 12.1. The molecule has 0 aromatic carbocycles. The number of rotatable bonds is 5. The van der Waals surface area contributed by atoms with Crippen LogP contribution in [0.5, 0.6) is 0 Å². The Morgan fingerprint density at radius 2 is 2.16 bits per heavy atom. The molecule has 2 aromatic heterocycles. The zero-order valence-corrected chi connectivity index (χ0v) is 13.6. The van der Waals surface area contributed by atoms with E-state index in [1.807, 2.05) is 26.0 Å². The Morgan fingerprint density at radius 1 is 1.42 bits per heavy atom. The van der Waals surface area contributed by atoms with E-state index < -0.39 is 10.0 Å². The molecule has 104 valence electrons. The monoisotopic (exact) mass is 336 g/mol. The minimum Gasteiger partial charge on any atom is -0.232 e. The number of thiophene rings is 1. The van der Waals surface area contributed by atoms with Crippen molar-refractivity contribution in [2.45, 2.75) is 30.5 Å². The second kappa shape index (κ2) is 5.88. The zero-order chi connectivity index (χ0) is 14.0. The van der Waals surface area contributed by atoms with E-state index in [1.54, 1.807) is 11.3 Å². The van der Waals surface area contributed by atoms with Crippen LogP contribution >= 0.6 is 34.3 Å². The molecule has 0 aliphatic carbocycles. The molecule has 0 bridgehead atoms. The van der Waals surface area contributed by atoms with Gasteiger partial charge in [0.1, 0.15) is 0 Å². The third-order valence-corrected chi connectivity index (χ3v) is 6.57. The third kappa shape index (κ3) is 4.00. The molecule has 0 aliphatic rings. The van der Waals surface area contributed by atoms with E-state index in [2.05, 4.69) is 9.71 Å². The van der Waals surface area contributed by atoms with Crippen molar-refractivity contribution in [3.8, 4) is 0 Å². The van der Waals surface area contributed by atoms with E-state index >= 15 is 0 Å². The molecule has 0 saturated carbocycles. The summed E-state index contributed by atoms with van der Waals surface area (Å²) in [7, 11) is -3.53. The van der Waals surface area contributed by atoms with Crippen molar-refractivity contribution in [1.29, 1.82) is 0 Å². The van der Waals surface area contributed by atoms with Crippen LogP contribution in [0.15, 0.2) is 22.5 Å². The van der Waals surface area contributed by atoms with Gasteiger partial charge in [-0.15, -0.1) is 11.3 Å². The van der Waals surface area contributed by atoms with Gasteiger partial charge >= 0.3 is 0 Å². The van der Waals surface area contributed by atoms with Gasteiger partial charge in [-0.2, -0.15) is 0 Å². The van der Waals surface area contributed by atoms with Crippen molar-refractivity contribution in [2.24, 2.45) is 0 Å².